The van der Waals surface area contributed by atoms with Gasteiger partial charge in [-0.3, -0.25) is 4.79 Å². The standard InChI is InChI=1S/C22H18F2O3/c23-22(24)15-27-21-12-18(6-7-19(21)13-25)17-8-10-20(11-9-17)26-14-16-4-2-1-3-5-16/h1-13,22H,14-15H2. The Kier molecular flexibility index (Phi) is 6.15. The van der Waals surface area contributed by atoms with E-state index in [0.717, 1.165) is 22.4 Å². The first-order valence-electron chi connectivity index (χ1n) is 8.43. The van der Waals surface area contributed by atoms with Gasteiger partial charge in [-0.25, -0.2) is 8.78 Å². The highest BCUT2D eigenvalue weighted by Gasteiger charge is 2.10. The zero-order chi connectivity index (χ0) is 19.1. The molecule has 0 fully saturated rings. The molecule has 0 aliphatic rings. The lowest BCUT2D eigenvalue weighted by Gasteiger charge is -2.11. The van der Waals surface area contributed by atoms with Gasteiger partial charge in [0.25, 0.3) is 6.43 Å². The van der Waals surface area contributed by atoms with Gasteiger partial charge in [0, 0.05) is 0 Å². The van der Waals surface area contributed by atoms with Gasteiger partial charge in [0.05, 0.1) is 5.56 Å². The summed E-state index contributed by atoms with van der Waals surface area (Å²) in [4.78, 5) is 11.1. The molecule has 0 atom stereocenters. The monoisotopic (exact) mass is 368 g/mol. The van der Waals surface area contributed by atoms with E-state index in [4.69, 9.17) is 9.47 Å². The second-order valence-electron chi connectivity index (χ2n) is 5.87. The molecule has 0 bridgehead atoms. The van der Waals surface area contributed by atoms with Crippen LogP contribution < -0.4 is 9.47 Å². The minimum absolute atomic E-state index is 0.146. The summed E-state index contributed by atoms with van der Waals surface area (Å²) in [6.45, 7) is -0.281. The summed E-state index contributed by atoms with van der Waals surface area (Å²) in [7, 11) is 0. The van der Waals surface area contributed by atoms with E-state index in [1.54, 1.807) is 18.2 Å². The van der Waals surface area contributed by atoms with Crippen molar-refractivity contribution in [2.24, 2.45) is 0 Å². The van der Waals surface area contributed by atoms with Crippen molar-refractivity contribution in [3.05, 3.63) is 83.9 Å². The van der Waals surface area contributed by atoms with Crippen molar-refractivity contribution in [1.29, 1.82) is 0 Å². The molecule has 0 heterocycles. The van der Waals surface area contributed by atoms with Crippen LogP contribution in [0.1, 0.15) is 15.9 Å². The molecule has 3 rings (SSSR count). The van der Waals surface area contributed by atoms with Crippen molar-refractivity contribution in [3.8, 4) is 22.6 Å². The first kappa shape index (κ1) is 18.6. The van der Waals surface area contributed by atoms with Gasteiger partial charge in [0.15, 0.2) is 6.29 Å². The van der Waals surface area contributed by atoms with E-state index in [-0.39, 0.29) is 11.3 Å². The van der Waals surface area contributed by atoms with Gasteiger partial charge in [-0.1, -0.05) is 48.5 Å². The molecule has 0 radical (unpaired) electrons. The lowest BCUT2D eigenvalue weighted by Crippen LogP contribution is -2.08. The maximum Gasteiger partial charge on any atom is 0.272 e. The molecule has 3 aromatic carbocycles. The fourth-order valence-corrected chi connectivity index (χ4v) is 2.57. The van der Waals surface area contributed by atoms with Crippen molar-refractivity contribution in [3.63, 3.8) is 0 Å². The summed E-state index contributed by atoms with van der Waals surface area (Å²) in [5.74, 6) is 0.869. The van der Waals surface area contributed by atoms with E-state index in [2.05, 4.69) is 0 Å². The van der Waals surface area contributed by atoms with Crippen molar-refractivity contribution in [2.45, 2.75) is 13.0 Å². The zero-order valence-corrected chi connectivity index (χ0v) is 14.5. The SMILES string of the molecule is O=Cc1ccc(-c2ccc(OCc3ccccc3)cc2)cc1OCC(F)F. The minimum atomic E-state index is -2.60. The molecule has 5 heteroatoms. The maximum atomic E-state index is 12.4. The second kappa shape index (κ2) is 8.94. The van der Waals surface area contributed by atoms with Crippen LogP contribution in [-0.2, 0) is 6.61 Å². The van der Waals surface area contributed by atoms with Gasteiger partial charge < -0.3 is 9.47 Å². The van der Waals surface area contributed by atoms with Gasteiger partial charge in [-0.2, -0.15) is 0 Å². The Labute approximate surface area is 156 Å². The molecule has 0 amide bonds. The second-order valence-corrected chi connectivity index (χ2v) is 5.87. The molecule has 0 aliphatic heterocycles. The first-order chi connectivity index (χ1) is 13.2. The highest BCUT2D eigenvalue weighted by atomic mass is 19.3. The fourth-order valence-electron chi connectivity index (χ4n) is 2.57. The summed E-state index contributed by atoms with van der Waals surface area (Å²) in [6.07, 6.45) is -2.01. The molecule has 3 aromatic rings. The zero-order valence-electron chi connectivity index (χ0n) is 14.5. The molecule has 0 unspecified atom stereocenters. The number of hydrogen-bond acceptors (Lipinski definition) is 3. The Balaban J connectivity index is 1.72. The number of aldehydes is 1. The average molecular weight is 368 g/mol. The lowest BCUT2D eigenvalue weighted by atomic mass is 10.0. The quantitative estimate of drug-likeness (QED) is 0.500. The Hall–Kier alpha value is -3.21. The molecule has 0 saturated carbocycles. The maximum absolute atomic E-state index is 12.4. The number of benzene rings is 3. The Bertz CT molecular complexity index is 878. The Morgan fingerprint density at radius 2 is 1.56 bits per heavy atom. The Morgan fingerprint density at radius 3 is 2.22 bits per heavy atom. The summed E-state index contributed by atoms with van der Waals surface area (Å²) in [5.41, 5.74) is 2.94. The van der Waals surface area contributed by atoms with E-state index in [0.29, 0.717) is 12.9 Å². The predicted octanol–water partition coefficient (Wildman–Crippen LogP) is 5.39. The van der Waals surface area contributed by atoms with Crippen molar-refractivity contribution < 1.29 is 23.0 Å². The normalized spacial score (nSPS) is 10.6. The minimum Gasteiger partial charge on any atom is -0.489 e. The van der Waals surface area contributed by atoms with Crippen LogP contribution in [-0.4, -0.2) is 19.3 Å². The molecule has 0 aromatic heterocycles. The highest BCUT2D eigenvalue weighted by Crippen LogP contribution is 2.28. The Morgan fingerprint density at radius 1 is 0.852 bits per heavy atom. The number of halogens is 2. The summed E-state index contributed by atoms with van der Waals surface area (Å²) >= 11 is 0. The van der Waals surface area contributed by atoms with Crippen LogP contribution in [0.5, 0.6) is 11.5 Å². The van der Waals surface area contributed by atoms with Crippen LogP contribution in [0.4, 0.5) is 8.78 Å². The largest absolute Gasteiger partial charge is 0.489 e. The third kappa shape index (κ3) is 5.14. The smallest absolute Gasteiger partial charge is 0.272 e. The van der Waals surface area contributed by atoms with Gasteiger partial charge >= 0.3 is 0 Å². The molecule has 27 heavy (non-hydrogen) atoms. The van der Waals surface area contributed by atoms with E-state index in [1.807, 2.05) is 54.6 Å². The predicted molar refractivity (Wildman–Crippen MR) is 99.5 cm³/mol. The molecule has 138 valence electrons. The van der Waals surface area contributed by atoms with E-state index in [9.17, 15) is 13.6 Å². The molecular formula is C22H18F2O3. The van der Waals surface area contributed by atoms with Crippen LogP contribution in [0.15, 0.2) is 72.8 Å². The van der Waals surface area contributed by atoms with E-state index < -0.39 is 13.0 Å². The van der Waals surface area contributed by atoms with Crippen LogP contribution in [0.25, 0.3) is 11.1 Å². The van der Waals surface area contributed by atoms with Gasteiger partial charge in [-0.15, -0.1) is 0 Å². The van der Waals surface area contributed by atoms with E-state index in [1.165, 1.54) is 0 Å². The molecule has 0 saturated heterocycles. The van der Waals surface area contributed by atoms with Crippen LogP contribution in [0.2, 0.25) is 0 Å². The van der Waals surface area contributed by atoms with Gasteiger partial charge in [0.2, 0.25) is 0 Å². The number of hydrogen-bond donors (Lipinski definition) is 0. The van der Waals surface area contributed by atoms with Crippen LogP contribution in [0, 0.1) is 0 Å². The van der Waals surface area contributed by atoms with Crippen molar-refractivity contribution in [1.82, 2.24) is 0 Å². The number of ether oxygens (including phenoxy) is 2. The van der Waals surface area contributed by atoms with E-state index >= 15 is 0 Å². The number of rotatable bonds is 8. The number of carbonyl (C=O) groups excluding carboxylic acids is 1. The summed E-state index contributed by atoms with van der Waals surface area (Å²) < 4.78 is 35.6. The fraction of sp³-hybridized carbons (Fsp3) is 0.136. The molecule has 0 spiro atoms. The van der Waals surface area contributed by atoms with Gasteiger partial charge in [-0.05, 0) is 41.0 Å². The van der Waals surface area contributed by atoms with Crippen LogP contribution >= 0.6 is 0 Å². The van der Waals surface area contributed by atoms with Gasteiger partial charge in [0.1, 0.15) is 24.7 Å². The average Bonchev–Trinajstić information content (AvgIpc) is 2.71. The third-order valence-electron chi connectivity index (χ3n) is 3.94. The third-order valence-corrected chi connectivity index (χ3v) is 3.94. The molecule has 0 N–H and O–H groups in total. The highest BCUT2D eigenvalue weighted by molar-refractivity contribution is 5.82. The first-order valence-corrected chi connectivity index (χ1v) is 8.43. The lowest BCUT2D eigenvalue weighted by molar-refractivity contribution is 0.0809. The molecular weight excluding hydrogens is 350 g/mol. The van der Waals surface area contributed by atoms with Crippen molar-refractivity contribution in [2.75, 3.05) is 6.61 Å². The topological polar surface area (TPSA) is 35.5 Å². The molecule has 0 aliphatic carbocycles. The number of carbonyl (C=O) groups is 1. The summed E-state index contributed by atoms with van der Waals surface area (Å²) in [6, 6.07) is 22.2. The number of alkyl halides is 2. The summed E-state index contributed by atoms with van der Waals surface area (Å²) in [5, 5.41) is 0. The van der Waals surface area contributed by atoms with Crippen LogP contribution in [0.3, 0.4) is 0 Å². The van der Waals surface area contributed by atoms with Crippen molar-refractivity contribution >= 4 is 6.29 Å². The molecule has 3 nitrogen and oxygen atoms in total.